The number of hydrogen-bond donors (Lipinski definition) is 2. The van der Waals surface area contributed by atoms with Crippen LogP contribution in [0.2, 0.25) is 0 Å². The van der Waals surface area contributed by atoms with Crippen molar-refractivity contribution in [3.63, 3.8) is 0 Å². The number of imide groups is 1. The largest absolute Gasteiger partial charge is 0.445 e. The molecule has 0 saturated carbocycles. The summed E-state index contributed by atoms with van der Waals surface area (Å²) in [5.74, 6) is -1.40. The average molecular weight is 733 g/mol. The van der Waals surface area contributed by atoms with Gasteiger partial charge in [0.25, 0.3) is 0 Å². The van der Waals surface area contributed by atoms with Crippen LogP contribution in [-0.2, 0) is 48.2 Å². The van der Waals surface area contributed by atoms with Gasteiger partial charge in [0, 0.05) is 57.2 Å². The van der Waals surface area contributed by atoms with Gasteiger partial charge < -0.3 is 20.7 Å². The maximum atomic E-state index is 13.8. The van der Waals surface area contributed by atoms with Crippen LogP contribution in [0.3, 0.4) is 0 Å². The maximum Gasteiger partial charge on any atom is 0.410 e. The van der Waals surface area contributed by atoms with Crippen LogP contribution in [0.1, 0.15) is 102 Å². The smallest absolute Gasteiger partial charge is 0.410 e. The minimum atomic E-state index is -0.736. The van der Waals surface area contributed by atoms with Gasteiger partial charge in [0.15, 0.2) is 5.78 Å². The highest BCUT2D eigenvalue weighted by Crippen LogP contribution is 2.21. The van der Waals surface area contributed by atoms with Crippen LogP contribution >= 0.6 is 0 Å². The maximum absolute atomic E-state index is 13.8. The number of benzene rings is 2. The number of nitrogens with one attached hydrogen (secondary N) is 1. The molecule has 0 radical (unpaired) electrons. The highest BCUT2D eigenvalue weighted by molar-refractivity contribution is 6.03. The van der Waals surface area contributed by atoms with Gasteiger partial charge >= 0.3 is 6.09 Å². The first kappa shape index (κ1) is 43.0. The van der Waals surface area contributed by atoms with Gasteiger partial charge in [-0.3, -0.25) is 28.9 Å². The number of carbonyl (C=O) groups excluding carboxylic acids is 6. The summed E-state index contributed by atoms with van der Waals surface area (Å²) in [6.45, 7) is 8.78. The van der Waals surface area contributed by atoms with Gasteiger partial charge in [-0.05, 0) is 74.6 Å². The summed E-state index contributed by atoms with van der Waals surface area (Å²) in [7, 11) is 1.72. The molecule has 0 bridgehead atoms. The Balaban J connectivity index is 1.59. The number of Topliss-reactive ketones (excluding diaryl/α,β-unsaturated/α-hetero) is 2. The molecule has 11 nitrogen and oxygen atoms in total. The van der Waals surface area contributed by atoms with Crippen molar-refractivity contribution in [3.8, 4) is 0 Å². The van der Waals surface area contributed by atoms with Crippen molar-refractivity contribution in [1.82, 2.24) is 15.1 Å². The molecule has 0 aliphatic carbocycles. The quantitative estimate of drug-likeness (QED) is 0.107. The molecule has 0 aromatic heterocycles. The molecule has 2 aromatic carbocycles. The summed E-state index contributed by atoms with van der Waals surface area (Å²) >= 11 is 0. The molecule has 1 fully saturated rings. The summed E-state index contributed by atoms with van der Waals surface area (Å²) in [6, 6.07) is 16.2. The van der Waals surface area contributed by atoms with E-state index in [4.69, 9.17) is 10.5 Å². The topological polar surface area (TPSA) is 156 Å². The number of likely N-dealkylation sites (tertiary alicyclic amines) is 1. The van der Waals surface area contributed by atoms with E-state index in [1.807, 2.05) is 75.4 Å². The molecule has 1 aliphatic heterocycles. The third kappa shape index (κ3) is 14.2. The lowest BCUT2D eigenvalue weighted by Gasteiger charge is -2.27. The number of ether oxygens (including phenoxy) is 1. The zero-order valence-electron chi connectivity index (χ0n) is 32.3. The number of carbonyl (C=O) groups is 6. The Hall–Kier alpha value is -4.38. The number of nitrogens with two attached hydrogens (primary N) is 1. The minimum Gasteiger partial charge on any atom is -0.445 e. The summed E-state index contributed by atoms with van der Waals surface area (Å²) < 4.78 is 5.49. The summed E-state index contributed by atoms with van der Waals surface area (Å²) in [5, 5.41) is 3.00. The SMILES string of the molecule is CC1CC(=O)N(CCCCCC(=O)C[C@@H](Cc2ccccc2)C(=O)N[C@@H](CCCCN)C(=O)Cc2ccc(COC(=O)N(C)C(C)C(C)C)cc2)C1=O. The Labute approximate surface area is 315 Å². The fraction of sp³-hybridized carbons (Fsp3) is 0.571. The number of nitrogens with zero attached hydrogens (tertiary/aromatic N) is 2. The van der Waals surface area contributed by atoms with Crippen LogP contribution in [0.4, 0.5) is 4.79 Å². The number of amides is 4. The first-order chi connectivity index (χ1) is 25.3. The molecule has 0 spiro atoms. The van der Waals surface area contributed by atoms with Crippen molar-refractivity contribution in [3.05, 3.63) is 71.3 Å². The number of rotatable bonds is 23. The van der Waals surface area contributed by atoms with Gasteiger partial charge in [0.05, 0.1) is 6.04 Å². The Morgan fingerprint density at radius 1 is 0.906 bits per heavy atom. The van der Waals surface area contributed by atoms with Crippen molar-refractivity contribution in [2.24, 2.45) is 23.5 Å². The van der Waals surface area contributed by atoms with E-state index < -0.39 is 18.1 Å². The van der Waals surface area contributed by atoms with Gasteiger partial charge in [-0.25, -0.2) is 4.79 Å². The highest BCUT2D eigenvalue weighted by Gasteiger charge is 2.35. The Bertz CT molecular complexity index is 1510. The minimum absolute atomic E-state index is 0.0386. The van der Waals surface area contributed by atoms with Gasteiger partial charge in [-0.2, -0.15) is 0 Å². The van der Waals surface area contributed by atoms with Crippen molar-refractivity contribution >= 4 is 35.4 Å². The van der Waals surface area contributed by atoms with Crippen LogP contribution in [0.25, 0.3) is 0 Å². The molecule has 4 amide bonds. The molecule has 1 heterocycles. The standard InChI is InChI=1S/C42H60N4O7/c1-29(2)31(4)45(5)42(52)53-28-34-20-18-33(19-21-34)26-38(48)37(17-11-12-22-43)44-40(50)35(25-32-14-8-6-9-15-32)27-36(47)16-10-7-13-23-46-39(49)24-30(3)41(46)51/h6,8-9,14-15,18-21,29-31,35,37H,7,10-13,16-17,22-28,43H2,1-5H3,(H,44,50)/t30?,31?,35-,37+/m1/s1. The van der Waals surface area contributed by atoms with Gasteiger partial charge in [-0.15, -0.1) is 0 Å². The molecule has 1 aliphatic rings. The molecule has 4 atom stereocenters. The van der Waals surface area contributed by atoms with Crippen LogP contribution in [0.15, 0.2) is 54.6 Å². The molecule has 3 rings (SSSR count). The lowest BCUT2D eigenvalue weighted by Crippen LogP contribution is -2.45. The lowest BCUT2D eigenvalue weighted by molar-refractivity contribution is -0.139. The van der Waals surface area contributed by atoms with Gasteiger partial charge in [0.1, 0.15) is 12.4 Å². The Morgan fingerprint density at radius 3 is 2.21 bits per heavy atom. The predicted molar refractivity (Wildman–Crippen MR) is 204 cm³/mol. The highest BCUT2D eigenvalue weighted by atomic mass is 16.6. The molecule has 11 heteroatoms. The van der Waals surface area contributed by atoms with E-state index in [1.54, 1.807) is 18.9 Å². The van der Waals surface area contributed by atoms with Crippen LogP contribution < -0.4 is 11.1 Å². The van der Waals surface area contributed by atoms with Crippen LogP contribution in [0, 0.1) is 17.8 Å². The van der Waals surface area contributed by atoms with Gasteiger partial charge in [0.2, 0.25) is 17.7 Å². The monoisotopic (exact) mass is 732 g/mol. The zero-order chi connectivity index (χ0) is 38.9. The van der Waals surface area contributed by atoms with E-state index in [-0.39, 0.29) is 67.1 Å². The fourth-order valence-electron chi connectivity index (χ4n) is 6.42. The van der Waals surface area contributed by atoms with E-state index in [2.05, 4.69) is 5.32 Å². The van der Waals surface area contributed by atoms with E-state index in [0.29, 0.717) is 70.4 Å². The molecule has 1 saturated heterocycles. The first-order valence-electron chi connectivity index (χ1n) is 19.2. The zero-order valence-corrected chi connectivity index (χ0v) is 32.3. The molecular formula is C42H60N4O7. The van der Waals surface area contributed by atoms with E-state index in [1.165, 1.54) is 4.90 Å². The van der Waals surface area contributed by atoms with Crippen LogP contribution in [-0.4, -0.2) is 77.4 Å². The van der Waals surface area contributed by atoms with Crippen molar-refractivity contribution < 1.29 is 33.5 Å². The Kier molecular flexibility index (Phi) is 17.8. The average Bonchev–Trinajstić information content (AvgIpc) is 3.38. The van der Waals surface area contributed by atoms with E-state index in [0.717, 1.165) is 16.7 Å². The normalized spacial score (nSPS) is 16.0. The summed E-state index contributed by atoms with van der Waals surface area (Å²) in [4.78, 5) is 80.3. The first-order valence-corrected chi connectivity index (χ1v) is 19.2. The van der Waals surface area contributed by atoms with E-state index >= 15 is 0 Å². The lowest BCUT2D eigenvalue weighted by atomic mass is 9.91. The third-order valence-electron chi connectivity index (χ3n) is 10.3. The van der Waals surface area contributed by atoms with Crippen molar-refractivity contribution in [1.29, 1.82) is 0 Å². The van der Waals surface area contributed by atoms with Crippen LogP contribution in [0.5, 0.6) is 0 Å². The molecule has 2 unspecified atom stereocenters. The second-order valence-corrected chi connectivity index (χ2v) is 14.9. The molecule has 3 N–H and O–H groups in total. The molecule has 2 aromatic rings. The summed E-state index contributed by atoms with van der Waals surface area (Å²) in [6.07, 6.45) is 4.39. The second kappa shape index (κ2) is 22.0. The molecular weight excluding hydrogens is 672 g/mol. The fourth-order valence-corrected chi connectivity index (χ4v) is 6.42. The number of hydrogen-bond acceptors (Lipinski definition) is 8. The number of ketones is 2. The number of unbranched alkanes of at least 4 members (excludes halogenated alkanes) is 3. The van der Waals surface area contributed by atoms with E-state index in [9.17, 15) is 28.8 Å². The summed E-state index contributed by atoms with van der Waals surface area (Å²) in [5.41, 5.74) is 8.24. The predicted octanol–water partition coefficient (Wildman–Crippen LogP) is 5.80. The molecule has 290 valence electrons. The van der Waals surface area contributed by atoms with Gasteiger partial charge in [-0.1, -0.05) is 81.8 Å². The Morgan fingerprint density at radius 2 is 1.58 bits per heavy atom. The molecule has 53 heavy (non-hydrogen) atoms. The third-order valence-corrected chi connectivity index (χ3v) is 10.3. The second-order valence-electron chi connectivity index (χ2n) is 14.9. The van der Waals surface area contributed by atoms with Crippen molar-refractivity contribution in [2.75, 3.05) is 20.1 Å². The van der Waals surface area contributed by atoms with Crippen molar-refractivity contribution in [2.45, 2.75) is 117 Å².